The molecule has 0 aliphatic carbocycles. The van der Waals surface area contributed by atoms with E-state index in [4.69, 9.17) is 4.98 Å². The lowest BCUT2D eigenvalue weighted by atomic mass is 10.0. The lowest BCUT2D eigenvalue weighted by molar-refractivity contribution is -0.131. The topological polar surface area (TPSA) is 112 Å². The second-order valence-corrected chi connectivity index (χ2v) is 10.3. The first-order valence-corrected chi connectivity index (χ1v) is 12.8. The van der Waals surface area contributed by atoms with Crippen LogP contribution in [-0.4, -0.2) is 83.1 Å². The Kier molecular flexibility index (Phi) is 9.57. The molecule has 38 heavy (non-hydrogen) atoms. The maximum Gasteiger partial charge on any atom is 0.252 e. The summed E-state index contributed by atoms with van der Waals surface area (Å²) in [5.41, 5.74) is 5.60. The van der Waals surface area contributed by atoms with Gasteiger partial charge in [-0.05, 0) is 78.4 Å². The molecule has 0 unspecified atom stereocenters. The Morgan fingerprint density at radius 2 is 1.95 bits per heavy atom. The van der Waals surface area contributed by atoms with E-state index in [1.54, 1.807) is 6.20 Å². The molecule has 2 N–H and O–H groups in total. The Morgan fingerprint density at radius 1 is 1.21 bits per heavy atom. The molecule has 1 aliphatic rings. The highest BCUT2D eigenvalue weighted by Gasteiger charge is 2.22. The zero-order valence-electron chi connectivity index (χ0n) is 23.5. The van der Waals surface area contributed by atoms with Crippen LogP contribution in [-0.2, 0) is 9.59 Å². The molecular formula is C28H39N7O3. The first-order chi connectivity index (χ1) is 18.0. The quantitative estimate of drug-likeness (QED) is 0.367. The van der Waals surface area contributed by atoms with E-state index < -0.39 is 0 Å². The molecule has 0 saturated carbocycles. The van der Waals surface area contributed by atoms with Gasteiger partial charge < -0.3 is 20.4 Å². The zero-order chi connectivity index (χ0) is 28.0. The van der Waals surface area contributed by atoms with E-state index in [2.05, 4.69) is 15.7 Å². The summed E-state index contributed by atoms with van der Waals surface area (Å²) in [7, 11) is 3.77. The van der Waals surface area contributed by atoms with Gasteiger partial charge in [0, 0.05) is 31.4 Å². The van der Waals surface area contributed by atoms with Gasteiger partial charge >= 0.3 is 0 Å². The van der Waals surface area contributed by atoms with Gasteiger partial charge in [0.05, 0.1) is 29.4 Å². The Bertz CT molecular complexity index is 1300. The Labute approximate surface area is 224 Å². The number of pyridine rings is 1. The highest BCUT2D eigenvalue weighted by molar-refractivity contribution is 6.06. The predicted molar refractivity (Wildman–Crippen MR) is 149 cm³/mol. The SMILES string of the molecule is C/C(=C/C(C)=C(\C)CNC(=O)c1cc(C2=CCN(C(=O)CN(C)C)CC2)nc2c1cnn2C(C)C)NC=O. The monoisotopic (exact) mass is 521 g/mol. The molecule has 3 rings (SSSR count). The van der Waals surface area contributed by atoms with Crippen molar-refractivity contribution in [1.82, 2.24) is 35.2 Å². The molecule has 0 fully saturated rings. The largest absolute Gasteiger partial charge is 0.348 e. The summed E-state index contributed by atoms with van der Waals surface area (Å²) in [5, 5.41) is 10.9. The second kappa shape index (κ2) is 12.6. The van der Waals surface area contributed by atoms with Crippen LogP contribution in [0, 0.1) is 0 Å². The molecule has 0 bridgehead atoms. The van der Waals surface area contributed by atoms with Crippen molar-refractivity contribution < 1.29 is 14.4 Å². The first-order valence-electron chi connectivity index (χ1n) is 12.8. The van der Waals surface area contributed by atoms with E-state index in [1.165, 1.54) is 0 Å². The van der Waals surface area contributed by atoms with Crippen LogP contribution in [0.25, 0.3) is 16.6 Å². The minimum atomic E-state index is -0.208. The normalized spacial score (nSPS) is 15.0. The minimum Gasteiger partial charge on any atom is -0.348 e. The number of hydrogen-bond acceptors (Lipinski definition) is 6. The molecule has 10 nitrogen and oxygen atoms in total. The molecule has 0 saturated heterocycles. The Morgan fingerprint density at radius 3 is 2.55 bits per heavy atom. The lowest BCUT2D eigenvalue weighted by Gasteiger charge is -2.27. The molecule has 0 radical (unpaired) electrons. The lowest BCUT2D eigenvalue weighted by Crippen LogP contribution is -2.40. The smallest absolute Gasteiger partial charge is 0.252 e. The fraction of sp³-hybridized carbons (Fsp3) is 0.464. The van der Waals surface area contributed by atoms with Gasteiger partial charge in [0.2, 0.25) is 12.3 Å². The molecular weight excluding hydrogens is 482 g/mol. The van der Waals surface area contributed by atoms with Crippen LogP contribution in [0.4, 0.5) is 0 Å². The number of hydrogen-bond donors (Lipinski definition) is 2. The molecule has 204 valence electrons. The highest BCUT2D eigenvalue weighted by atomic mass is 16.2. The van der Waals surface area contributed by atoms with Crippen molar-refractivity contribution in [2.24, 2.45) is 0 Å². The maximum atomic E-state index is 13.4. The van der Waals surface area contributed by atoms with Crippen molar-refractivity contribution in [3.8, 4) is 0 Å². The second-order valence-electron chi connectivity index (χ2n) is 10.3. The summed E-state index contributed by atoms with van der Waals surface area (Å²) in [6.07, 6.45) is 6.90. The molecule has 10 heteroatoms. The molecule has 3 amide bonds. The van der Waals surface area contributed by atoms with Crippen LogP contribution in [0.15, 0.2) is 41.3 Å². The molecule has 0 aromatic carbocycles. The van der Waals surface area contributed by atoms with Crippen LogP contribution in [0.1, 0.15) is 63.1 Å². The number of amides is 3. The number of rotatable bonds is 10. The number of carbonyl (C=O) groups excluding carboxylic acids is 3. The van der Waals surface area contributed by atoms with Gasteiger partial charge in [-0.1, -0.05) is 11.6 Å². The number of fused-ring (bicyclic) bond motifs is 1. The summed E-state index contributed by atoms with van der Waals surface area (Å²) < 4.78 is 1.83. The predicted octanol–water partition coefficient (Wildman–Crippen LogP) is 2.91. The standard InChI is InChI=1S/C28H39N7O3/c1-18(2)35-27-24(15-31-35)23(28(38)29-14-20(4)19(3)12-21(5)30-17-36)13-25(32-27)22-8-10-34(11-9-22)26(37)16-33(6)7/h8,12-13,15,17-18H,9-11,14,16H2,1-7H3,(H,29,38)(H,30,36)/b20-19+,21-12-. The first kappa shape index (κ1) is 28.8. The Hall–Kier alpha value is -3.79. The van der Waals surface area contributed by atoms with Crippen molar-refractivity contribution in [2.45, 2.75) is 47.1 Å². The summed E-state index contributed by atoms with van der Waals surface area (Å²) in [5.74, 6) is -0.114. The molecule has 1 aliphatic heterocycles. The molecule has 2 aromatic rings. The molecule has 2 aromatic heterocycles. The molecule has 3 heterocycles. The number of allylic oxidation sites excluding steroid dienone is 3. The average molecular weight is 522 g/mol. The van der Waals surface area contributed by atoms with Crippen LogP contribution in [0.5, 0.6) is 0 Å². The van der Waals surface area contributed by atoms with Gasteiger partial charge in [-0.2, -0.15) is 5.10 Å². The fourth-order valence-electron chi connectivity index (χ4n) is 4.28. The summed E-state index contributed by atoms with van der Waals surface area (Å²) in [6.45, 7) is 11.6. The van der Waals surface area contributed by atoms with E-state index in [0.717, 1.165) is 28.1 Å². The number of nitrogens with zero attached hydrogens (tertiary/aromatic N) is 5. The minimum absolute atomic E-state index is 0.0773. The third kappa shape index (κ3) is 6.95. The van der Waals surface area contributed by atoms with E-state index in [0.29, 0.717) is 55.6 Å². The number of aromatic nitrogens is 3. The van der Waals surface area contributed by atoms with Crippen LogP contribution >= 0.6 is 0 Å². The summed E-state index contributed by atoms with van der Waals surface area (Å²) >= 11 is 0. The van der Waals surface area contributed by atoms with Gasteiger partial charge in [0.15, 0.2) is 5.65 Å². The number of likely N-dealkylation sites (N-methyl/N-ethyl adjacent to an activating group) is 1. The third-order valence-corrected chi connectivity index (χ3v) is 6.55. The van der Waals surface area contributed by atoms with Gasteiger partial charge in [-0.25, -0.2) is 9.67 Å². The van der Waals surface area contributed by atoms with Crippen molar-refractivity contribution in [3.05, 3.63) is 52.5 Å². The average Bonchev–Trinajstić information content (AvgIpc) is 3.30. The van der Waals surface area contributed by atoms with E-state index in [-0.39, 0.29) is 17.9 Å². The molecule has 0 atom stereocenters. The maximum absolute atomic E-state index is 13.4. The van der Waals surface area contributed by atoms with Gasteiger partial charge in [-0.3, -0.25) is 14.4 Å². The number of nitrogens with one attached hydrogen (secondary N) is 2. The Balaban J connectivity index is 1.90. The van der Waals surface area contributed by atoms with E-state index in [9.17, 15) is 14.4 Å². The van der Waals surface area contributed by atoms with Gasteiger partial charge in [-0.15, -0.1) is 0 Å². The summed E-state index contributed by atoms with van der Waals surface area (Å²) in [6, 6.07) is 1.91. The van der Waals surface area contributed by atoms with Gasteiger partial charge in [0.25, 0.3) is 5.91 Å². The van der Waals surface area contributed by atoms with Crippen molar-refractivity contribution in [2.75, 3.05) is 40.3 Å². The van der Waals surface area contributed by atoms with Crippen LogP contribution < -0.4 is 10.6 Å². The zero-order valence-corrected chi connectivity index (χ0v) is 23.5. The van der Waals surface area contributed by atoms with Gasteiger partial charge in [0.1, 0.15) is 0 Å². The highest BCUT2D eigenvalue weighted by Crippen LogP contribution is 2.27. The number of carbonyl (C=O) groups is 3. The van der Waals surface area contributed by atoms with Crippen molar-refractivity contribution in [1.29, 1.82) is 0 Å². The molecule has 0 spiro atoms. The van der Waals surface area contributed by atoms with Crippen LogP contribution in [0.3, 0.4) is 0 Å². The van der Waals surface area contributed by atoms with E-state index in [1.807, 2.05) is 81.4 Å². The third-order valence-electron chi connectivity index (χ3n) is 6.55. The van der Waals surface area contributed by atoms with Crippen molar-refractivity contribution >= 4 is 34.8 Å². The van der Waals surface area contributed by atoms with E-state index >= 15 is 0 Å². The fourth-order valence-corrected chi connectivity index (χ4v) is 4.28. The van der Waals surface area contributed by atoms with Crippen LogP contribution in [0.2, 0.25) is 0 Å². The summed E-state index contributed by atoms with van der Waals surface area (Å²) in [4.78, 5) is 45.2. The van der Waals surface area contributed by atoms with Crippen molar-refractivity contribution in [3.63, 3.8) is 0 Å².